The van der Waals surface area contributed by atoms with Crippen LogP contribution in [0, 0.1) is 20.2 Å². The van der Waals surface area contributed by atoms with Crippen molar-refractivity contribution < 1.29 is 15.1 Å². The van der Waals surface area contributed by atoms with Gasteiger partial charge in [-0.25, -0.2) is 0 Å². The van der Waals surface area contributed by atoms with E-state index in [1.807, 2.05) is 0 Å². The summed E-state index contributed by atoms with van der Waals surface area (Å²) in [5.74, 6) is 0. The second-order valence-electron chi connectivity index (χ2n) is 0.529. The first-order valence-corrected chi connectivity index (χ1v) is 1.10. The number of nitrogens with zero attached hydrogens (tertiary/aromatic N) is 2. The quantitative estimate of drug-likeness (QED) is 0.300. The van der Waals surface area contributed by atoms with Gasteiger partial charge < -0.3 is 0 Å². The molecule has 0 aliphatic rings. The van der Waals surface area contributed by atoms with Gasteiger partial charge >= 0.3 is 91.4 Å². The summed E-state index contributed by atoms with van der Waals surface area (Å²) in [6.07, 6.45) is 0. The number of rotatable bonds is 2. The predicted molar refractivity (Wildman–Crippen MR) is 30.8 cm³/mol. The van der Waals surface area contributed by atoms with E-state index in [2.05, 4.69) is 4.94 Å². The Kier molecular flexibility index (Phi) is 17.0. The second kappa shape index (κ2) is 9.17. The van der Waals surface area contributed by atoms with E-state index in [0.29, 0.717) is 0 Å². The van der Waals surface area contributed by atoms with Crippen LogP contribution in [-0.4, -0.2) is 91.4 Å². The zero-order valence-corrected chi connectivity index (χ0v) is 2.94. The Morgan fingerprint density at radius 2 is 1.33 bits per heavy atom. The van der Waals surface area contributed by atoms with E-state index in [9.17, 15) is 0 Å². The van der Waals surface area contributed by atoms with E-state index in [0.717, 1.165) is 0 Å². The van der Waals surface area contributed by atoms with Crippen molar-refractivity contribution in [2.45, 2.75) is 0 Å². The van der Waals surface area contributed by atoms with Crippen LogP contribution in [-0.2, 0) is 4.94 Å². The minimum atomic E-state index is -1.50. The van der Waals surface area contributed by atoms with Crippen molar-refractivity contribution >= 4 is 81.2 Å². The normalized spacial score (nSPS) is 5.78. The van der Waals surface area contributed by atoms with Gasteiger partial charge in [0.25, 0.3) is 0 Å². The first kappa shape index (κ1) is 16.6. The zero-order chi connectivity index (χ0) is 5.86. The van der Waals surface area contributed by atoms with Crippen LogP contribution >= 0.6 is 0 Å². The topological polar surface area (TPSA) is 95.5 Å². The van der Waals surface area contributed by atoms with Gasteiger partial charge in [-0.3, -0.25) is 0 Å². The van der Waals surface area contributed by atoms with E-state index in [4.69, 9.17) is 20.2 Å². The molecule has 0 unspecified atom stereocenters. The average molecular weight is 221 g/mol. The van der Waals surface area contributed by atoms with Gasteiger partial charge in [0.15, 0.2) is 0 Å². The maximum absolute atomic E-state index is 8.95. The van der Waals surface area contributed by atoms with Gasteiger partial charge in [-0.1, -0.05) is 0 Å². The summed E-state index contributed by atoms with van der Waals surface area (Å²) in [7, 11) is 0. The Morgan fingerprint density at radius 3 is 1.33 bits per heavy atom. The zero-order valence-electron chi connectivity index (χ0n) is 2.94. The summed E-state index contributed by atoms with van der Waals surface area (Å²) in [4.78, 5) is 20.6. The Balaban J connectivity index is -0.000000180. The third-order valence-corrected chi connectivity index (χ3v) is 0.133. The van der Waals surface area contributed by atoms with Crippen LogP contribution in [0.1, 0.15) is 0 Å². The van der Waals surface area contributed by atoms with Gasteiger partial charge in [-0.15, -0.1) is 20.2 Å². The molecule has 9 heavy (non-hydrogen) atoms. The van der Waals surface area contributed by atoms with Gasteiger partial charge in [0.2, 0.25) is 0 Å². The van der Waals surface area contributed by atoms with Crippen LogP contribution in [0.15, 0.2) is 0 Å². The first-order chi connectivity index (χ1) is 3.13. The predicted octanol–water partition coefficient (Wildman–Crippen LogP) is -2.18. The van der Waals surface area contributed by atoms with Crippen molar-refractivity contribution in [1.82, 2.24) is 0 Å². The minimum absolute atomic E-state index is 0. The summed E-state index contributed by atoms with van der Waals surface area (Å²) in [6, 6.07) is 0. The molecule has 0 aliphatic carbocycles. The molecule has 0 saturated carbocycles. The first-order valence-electron chi connectivity index (χ1n) is 1.10. The molecule has 0 bridgehead atoms. The molecule has 0 saturated heterocycles. The average Bonchev–Trinajstić information content (AvgIpc) is 1.27. The molecule has 0 atom stereocenters. The Bertz CT molecular complexity index is 91.1. The molecule has 46 valence electrons. The summed E-state index contributed by atoms with van der Waals surface area (Å²) >= 11 is 0. The van der Waals surface area contributed by atoms with E-state index in [1.54, 1.807) is 0 Å². The van der Waals surface area contributed by atoms with Crippen LogP contribution in [0.5, 0.6) is 0 Å². The Morgan fingerprint density at radius 1 is 1.11 bits per heavy atom. The monoisotopic (exact) mass is 220 g/mol. The van der Waals surface area contributed by atoms with Crippen molar-refractivity contribution in [3.63, 3.8) is 0 Å². The van der Waals surface area contributed by atoms with Crippen LogP contribution in [0.3, 0.4) is 0 Å². The molecule has 0 radical (unpaired) electrons. The molecule has 0 N–H and O–H groups in total. The van der Waals surface area contributed by atoms with Gasteiger partial charge in [0.1, 0.15) is 0 Å². The molecule has 0 heterocycles. The molecule has 0 aromatic heterocycles. The van der Waals surface area contributed by atoms with E-state index >= 15 is 0 Å². The molecule has 9 heteroatoms. The molecule has 0 spiro atoms. The molecule has 0 fully saturated rings. The van der Waals surface area contributed by atoms with Crippen LogP contribution in [0.2, 0.25) is 0 Å². The molecule has 0 aromatic rings. The maximum atomic E-state index is 8.95. The van der Waals surface area contributed by atoms with E-state index in [-0.39, 0.29) is 81.2 Å². The van der Waals surface area contributed by atoms with Gasteiger partial charge in [0, 0.05) is 4.94 Å². The molecule has 7 nitrogen and oxygen atoms in total. The van der Waals surface area contributed by atoms with Crippen molar-refractivity contribution in [2.75, 3.05) is 0 Å². The van der Waals surface area contributed by atoms with Crippen molar-refractivity contribution in [3.8, 4) is 0 Å². The third kappa shape index (κ3) is 17.6. The summed E-state index contributed by atoms with van der Waals surface area (Å²) in [5.41, 5.74) is 0. The van der Waals surface area contributed by atoms with Crippen molar-refractivity contribution in [3.05, 3.63) is 20.2 Å². The van der Waals surface area contributed by atoms with Gasteiger partial charge in [0.05, 0.1) is 0 Å². The second-order valence-corrected chi connectivity index (χ2v) is 0.529. The molecule has 0 rings (SSSR count). The molecule has 0 aromatic carbocycles. The van der Waals surface area contributed by atoms with Gasteiger partial charge in [-0.05, 0) is 0 Å². The Labute approximate surface area is 114 Å². The van der Waals surface area contributed by atoms with E-state index < -0.39 is 10.2 Å². The van der Waals surface area contributed by atoms with Crippen LogP contribution in [0.4, 0.5) is 0 Å². The van der Waals surface area contributed by atoms with Crippen LogP contribution in [0.25, 0.3) is 0 Å². The third-order valence-electron chi connectivity index (χ3n) is 0.133. The fourth-order valence-electron chi connectivity index (χ4n) is 0.0544. The Hall–Kier alpha value is 1.17. The number of hydrogen-bond donors (Lipinski definition) is 0. The van der Waals surface area contributed by atoms with Crippen molar-refractivity contribution in [1.29, 1.82) is 0 Å². The summed E-state index contributed by atoms with van der Waals surface area (Å²) < 4.78 is 0. The van der Waals surface area contributed by atoms with Crippen molar-refractivity contribution in [2.24, 2.45) is 0 Å². The van der Waals surface area contributed by atoms with Crippen LogP contribution < -0.4 is 0 Å². The molecular weight excluding hydrogens is 218 g/mol. The summed E-state index contributed by atoms with van der Waals surface area (Å²) in [6.45, 7) is 0. The van der Waals surface area contributed by atoms with Gasteiger partial charge in [-0.2, -0.15) is 0 Å². The fraction of sp³-hybridized carbons (Fsp3) is 0. The molecule has 0 amide bonds. The summed E-state index contributed by atoms with van der Waals surface area (Å²) in [5, 5.41) is 14.9. The SMILES string of the molecule is O=[N+]([O-])O[N+](=O)[O-].[MgH2].[RbH]. The number of hydrogen-bond acceptors (Lipinski definition) is 5. The standard InChI is InChI=1S/Mg.N2O5.Rb.3H/c;3-1(4)7-2(5)6;;;;. The fourth-order valence-corrected chi connectivity index (χ4v) is 0.0544. The molecule has 0 aliphatic heterocycles. The van der Waals surface area contributed by atoms with E-state index in [1.165, 1.54) is 0 Å². The molecular formula is H3MgN2O5Rb.